The summed E-state index contributed by atoms with van der Waals surface area (Å²) in [5, 5.41) is 3.35. The highest BCUT2D eigenvalue weighted by atomic mass is 16.5. The highest BCUT2D eigenvalue weighted by Crippen LogP contribution is 2.33. The van der Waals surface area contributed by atoms with Gasteiger partial charge in [-0.3, -0.25) is 9.69 Å². The molecule has 1 unspecified atom stereocenters. The van der Waals surface area contributed by atoms with Gasteiger partial charge in [-0.05, 0) is 52.1 Å². The fourth-order valence-corrected chi connectivity index (χ4v) is 2.73. The highest BCUT2D eigenvalue weighted by Gasteiger charge is 2.27. The molecule has 1 atom stereocenters. The number of ketones is 1. The minimum absolute atomic E-state index is 0.0981. The number of rotatable bonds is 5. The van der Waals surface area contributed by atoms with Crippen LogP contribution in [0.5, 0.6) is 5.75 Å². The third-order valence-electron chi connectivity index (χ3n) is 4.09. The molecule has 0 bridgehead atoms. The Balaban J connectivity index is 2.21. The minimum atomic E-state index is -0.215. The molecule has 1 aromatic rings. The number of ether oxygens (including phenoxy) is 1. The average molecular weight is 290 g/mol. The fourth-order valence-electron chi connectivity index (χ4n) is 2.73. The van der Waals surface area contributed by atoms with Crippen molar-refractivity contribution in [2.45, 2.75) is 46.3 Å². The number of fused-ring (bicyclic) bond motifs is 1. The highest BCUT2D eigenvalue weighted by molar-refractivity contribution is 6.01. The van der Waals surface area contributed by atoms with E-state index in [1.807, 2.05) is 39.0 Å². The molecule has 1 aliphatic heterocycles. The second-order valence-corrected chi connectivity index (χ2v) is 6.19. The molecular formula is C17H26N2O2. The molecule has 0 saturated carbocycles. The lowest BCUT2D eigenvalue weighted by Gasteiger charge is -2.33. The molecule has 21 heavy (non-hydrogen) atoms. The zero-order valence-electron chi connectivity index (χ0n) is 13.7. The van der Waals surface area contributed by atoms with Crippen LogP contribution in [0.4, 0.5) is 5.69 Å². The summed E-state index contributed by atoms with van der Waals surface area (Å²) in [7, 11) is 0. The number of carbonyl (C=O) groups excluding carboxylic acids is 1. The van der Waals surface area contributed by atoms with Gasteiger partial charge in [0.2, 0.25) is 0 Å². The molecule has 4 heteroatoms. The van der Waals surface area contributed by atoms with E-state index >= 15 is 0 Å². The predicted octanol–water partition coefficient (Wildman–Crippen LogP) is 3.18. The van der Waals surface area contributed by atoms with Gasteiger partial charge in [0.15, 0.2) is 5.78 Å². The first-order chi connectivity index (χ1) is 9.88. The molecule has 0 aliphatic carbocycles. The molecule has 2 rings (SSSR count). The van der Waals surface area contributed by atoms with Gasteiger partial charge >= 0.3 is 0 Å². The minimum Gasteiger partial charge on any atom is -0.484 e. The van der Waals surface area contributed by atoms with Crippen LogP contribution in [0.3, 0.4) is 0 Å². The second-order valence-electron chi connectivity index (χ2n) is 6.19. The van der Waals surface area contributed by atoms with Crippen molar-refractivity contribution in [2.75, 3.05) is 25.0 Å². The molecule has 1 N–H and O–H groups in total. The number of benzene rings is 1. The Kier molecular flexibility index (Phi) is 4.57. The molecule has 0 fully saturated rings. The number of hydrogen-bond donors (Lipinski definition) is 1. The standard InChI is InChI=1S/C17H26N2O2/c1-6-19(7-2)12(3)16(20)13-8-9-15-14(10-13)18-11-17(4,5)21-15/h8-10,12,18H,6-7,11H2,1-5H3. The van der Waals surface area contributed by atoms with E-state index in [1.165, 1.54) is 0 Å². The van der Waals surface area contributed by atoms with Gasteiger partial charge in [0.05, 0.1) is 18.3 Å². The van der Waals surface area contributed by atoms with Gasteiger partial charge in [-0.25, -0.2) is 0 Å². The number of likely N-dealkylation sites (N-methyl/N-ethyl adjacent to an activating group) is 1. The first-order valence-electron chi connectivity index (χ1n) is 7.73. The van der Waals surface area contributed by atoms with Crippen molar-refractivity contribution in [2.24, 2.45) is 0 Å². The van der Waals surface area contributed by atoms with Gasteiger partial charge in [0, 0.05) is 5.56 Å². The van der Waals surface area contributed by atoms with Crippen LogP contribution in [0.1, 0.15) is 45.0 Å². The van der Waals surface area contributed by atoms with Gasteiger partial charge in [0.1, 0.15) is 11.4 Å². The molecule has 0 spiro atoms. The topological polar surface area (TPSA) is 41.6 Å². The Bertz CT molecular complexity index is 522. The summed E-state index contributed by atoms with van der Waals surface area (Å²) in [5.41, 5.74) is 1.43. The van der Waals surface area contributed by atoms with Crippen molar-refractivity contribution in [1.29, 1.82) is 0 Å². The summed E-state index contributed by atoms with van der Waals surface area (Å²) in [6.07, 6.45) is 0. The molecule has 116 valence electrons. The maximum atomic E-state index is 12.6. The van der Waals surface area contributed by atoms with Gasteiger partial charge in [-0.1, -0.05) is 13.8 Å². The molecule has 0 radical (unpaired) electrons. The van der Waals surface area contributed by atoms with E-state index in [0.29, 0.717) is 0 Å². The van der Waals surface area contributed by atoms with Crippen LogP contribution in [0.2, 0.25) is 0 Å². The lowest BCUT2D eigenvalue weighted by molar-refractivity contribution is 0.0851. The summed E-state index contributed by atoms with van der Waals surface area (Å²) in [4.78, 5) is 14.8. The molecule has 0 saturated heterocycles. The number of carbonyl (C=O) groups is 1. The van der Waals surface area contributed by atoms with Crippen molar-refractivity contribution in [3.63, 3.8) is 0 Å². The van der Waals surface area contributed by atoms with Gasteiger partial charge in [-0.2, -0.15) is 0 Å². The summed E-state index contributed by atoms with van der Waals surface area (Å²) in [6, 6.07) is 5.57. The lowest BCUT2D eigenvalue weighted by Crippen LogP contribution is -2.40. The first-order valence-corrected chi connectivity index (χ1v) is 7.73. The Hall–Kier alpha value is -1.55. The number of hydrogen-bond acceptors (Lipinski definition) is 4. The zero-order valence-corrected chi connectivity index (χ0v) is 13.7. The van der Waals surface area contributed by atoms with Crippen molar-refractivity contribution in [1.82, 2.24) is 4.90 Å². The molecule has 0 amide bonds. The van der Waals surface area contributed by atoms with Crippen LogP contribution < -0.4 is 10.1 Å². The molecular weight excluding hydrogens is 264 g/mol. The van der Waals surface area contributed by atoms with Crippen molar-refractivity contribution in [3.8, 4) is 5.75 Å². The van der Waals surface area contributed by atoms with E-state index in [2.05, 4.69) is 24.1 Å². The first kappa shape index (κ1) is 15.8. The van der Waals surface area contributed by atoms with E-state index in [-0.39, 0.29) is 17.4 Å². The number of anilines is 1. The van der Waals surface area contributed by atoms with Crippen LogP contribution in [0.25, 0.3) is 0 Å². The normalized spacial score (nSPS) is 17.6. The zero-order chi connectivity index (χ0) is 15.6. The number of Topliss-reactive ketones (excluding diaryl/α,β-unsaturated/α-hetero) is 1. The van der Waals surface area contributed by atoms with Crippen molar-refractivity contribution >= 4 is 11.5 Å². The van der Waals surface area contributed by atoms with Crippen LogP contribution in [0, 0.1) is 0 Å². The van der Waals surface area contributed by atoms with Crippen LogP contribution >= 0.6 is 0 Å². The van der Waals surface area contributed by atoms with Crippen LogP contribution in [-0.4, -0.2) is 42.0 Å². The van der Waals surface area contributed by atoms with E-state index in [4.69, 9.17) is 4.74 Å². The maximum absolute atomic E-state index is 12.6. The van der Waals surface area contributed by atoms with E-state index in [9.17, 15) is 4.79 Å². The summed E-state index contributed by atoms with van der Waals surface area (Å²) in [6.45, 7) is 12.7. The summed E-state index contributed by atoms with van der Waals surface area (Å²) in [5.74, 6) is 0.978. The second kappa shape index (κ2) is 6.06. The average Bonchev–Trinajstić information content (AvgIpc) is 2.46. The van der Waals surface area contributed by atoms with Crippen LogP contribution in [-0.2, 0) is 0 Å². The number of nitrogens with zero attached hydrogens (tertiary/aromatic N) is 1. The fraction of sp³-hybridized carbons (Fsp3) is 0.588. The lowest BCUT2D eigenvalue weighted by atomic mass is 10.0. The van der Waals surface area contributed by atoms with E-state index < -0.39 is 0 Å². The monoisotopic (exact) mass is 290 g/mol. The smallest absolute Gasteiger partial charge is 0.179 e. The third kappa shape index (κ3) is 3.38. The Morgan fingerprint density at radius 3 is 2.67 bits per heavy atom. The predicted molar refractivity (Wildman–Crippen MR) is 86.4 cm³/mol. The Labute approximate surface area is 127 Å². The Morgan fingerprint density at radius 2 is 2.05 bits per heavy atom. The van der Waals surface area contributed by atoms with Crippen LogP contribution in [0.15, 0.2) is 18.2 Å². The Morgan fingerprint density at radius 1 is 1.38 bits per heavy atom. The van der Waals surface area contributed by atoms with Crippen molar-refractivity contribution < 1.29 is 9.53 Å². The van der Waals surface area contributed by atoms with E-state index in [0.717, 1.165) is 36.6 Å². The summed E-state index contributed by atoms with van der Waals surface area (Å²) >= 11 is 0. The quantitative estimate of drug-likeness (QED) is 0.846. The van der Waals surface area contributed by atoms with Gasteiger partial charge in [-0.15, -0.1) is 0 Å². The molecule has 1 aliphatic rings. The van der Waals surface area contributed by atoms with Gasteiger partial charge < -0.3 is 10.1 Å². The molecule has 4 nitrogen and oxygen atoms in total. The SMILES string of the molecule is CCN(CC)C(C)C(=O)c1ccc2c(c1)NCC(C)(C)O2. The van der Waals surface area contributed by atoms with Gasteiger partial charge in [0.25, 0.3) is 0 Å². The van der Waals surface area contributed by atoms with E-state index in [1.54, 1.807) is 0 Å². The summed E-state index contributed by atoms with van der Waals surface area (Å²) < 4.78 is 5.92. The molecule has 1 heterocycles. The van der Waals surface area contributed by atoms with Crippen molar-refractivity contribution in [3.05, 3.63) is 23.8 Å². The maximum Gasteiger partial charge on any atom is 0.179 e. The largest absolute Gasteiger partial charge is 0.484 e. The number of nitrogens with one attached hydrogen (secondary N) is 1. The molecule has 0 aromatic heterocycles. The third-order valence-corrected chi connectivity index (χ3v) is 4.09. The molecule has 1 aromatic carbocycles.